The molecule has 50 valence electrons. The van der Waals surface area contributed by atoms with Gasteiger partial charge in [-0.15, -0.1) is 0 Å². The maximum absolute atomic E-state index is 4.91. The van der Waals surface area contributed by atoms with E-state index in [4.69, 9.17) is 4.74 Å². The molecule has 0 heterocycles. The first kappa shape index (κ1) is 9.28. The number of para-hydroxylation sites is 1. The van der Waals surface area contributed by atoms with Gasteiger partial charge in [0.05, 0.1) is 7.11 Å². The Morgan fingerprint density at radius 2 is 1.67 bits per heavy atom. The molecule has 9 heavy (non-hydrogen) atoms. The van der Waals surface area contributed by atoms with Crippen LogP contribution >= 0.6 is 0 Å². The Morgan fingerprint density at radius 1 is 1.11 bits per heavy atom. The largest absolute Gasteiger partial charge is 0.497 e. The summed E-state index contributed by atoms with van der Waals surface area (Å²) >= 11 is 0. The molecule has 0 radical (unpaired) electrons. The number of ether oxygens (including phenoxy) is 1. The van der Waals surface area contributed by atoms with Crippen LogP contribution < -0.4 is 4.74 Å². The predicted molar refractivity (Wildman–Crippen MR) is 33.0 cm³/mol. The van der Waals surface area contributed by atoms with Gasteiger partial charge in [0.1, 0.15) is 5.75 Å². The van der Waals surface area contributed by atoms with Gasteiger partial charge in [0.25, 0.3) is 0 Å². The molecule has 1 aromatic carbocycles. The van der Waals surface area contributed by atoms with Crippen molar-refractivity contribution in [3.8, 4) is 5.75 Å². The average Bonchev–Trinajstić information content (AvgIpc) is 1.90. The number of benzene rings is 1. The van der Waals surface area contributed by atoms with Crippen LogP contribution in [-0.2, 0) is 0 Å². The maximum atomic E-state index is 4.91. The van der Waals surface area contributed by atoms with E-state index in [1.54, 1.807) is 7.11 Å². The molecular formula is C7H8ArO. The van der Waals surface area contributed by atoms with Crippen molar-refractivity contribution >= 4 is 0 Å². The zero-order valence-corrected chi connectivity index (χ0v) is 5.86. The van der Waals surface area contributed by atoms with Gasteiger partial charge in [-0.3, -0.25) is 0 Å². The van der Waals surface area contributed by atoms with Crippen molar-refractivity contribution < 1.29 is 42.5 Å². The molecule has 1 nitrogen and oxygen atoms in total. The molecule has 0 fully saturated rings. The van der Waals surface area contributed by atoms with E-state index in [1.165, 1.54) is 0 Å². The number of hydrogen-bond donors (Lipinski definition) is 0. The van der Waals surface area contributed by atoms with Gasteiger partial charge in [-0.1, -0.05) is 18.2 Å². The van der Waals surface area contributed by atoms with Crippen LogP contribution in [0.25, 0.3) is 0 Å². The molecule has 0 aliphatic carbocycles. The van der Waals surface area contributed by atoms with Crippen LogP contribution in [0, 0.1) is 37.7 Å². The fourth-order valence-corrected chi connectivity index (χ4v) is 0.557. The predicted octanol–water partition coefficient (Wildman–Crippen LogP) is 1.70. The summed E-state index contributed by atoms with van der Waals surface area (Å²) in [6.45, 7) is 0. The molecule has 0 spiro atoms. The van der Waals surface area contributed by atoms with E-state index in [0.717, 1.165) is 5.75 Å². The Bertz CT molecular complexity index is 150. The summed E-state index contributed by atoms with van der Waals surface area (Å²) in [4.78, 5) is 0. The van der Waals surface area contributed by atoms with E-state index in [0.29, 0.717) is 0 Å². The quantitative estimate of drug-likeness (QED) is 0.588. The third-order valence-electron chi connectivity index (χ3n) is 0.979. The molecule has 0 amide bonds. The zero-order chi connectivity index (χ0) is 5.82. The molecule has 0 aliphatic rings. The first-order chi connectivity index (χ1) is 3.93. The van der Waals surface area contributed by atoms with E-state index < -0.39 is 0 Å². The van der Waals surface area contributed by atoms with Gasteiger partial charge >= 0.3 is 0 Å². The van der Waals surface area contributed by atoms with Crippen molar-refractivity contribution in [3.63, 3.8) is 0 Å². The van der Waals surface area contributed by atoms with Crippen LogP contribution in [-0.4, -0.2) is 7.11 Å². The second-order valence-electron chi connectivity index (χ2n) is 1.52. The molecular weight excluding hydrogens is 140 g/mol. The Kier molecular flexibility index (Phi) is 5.25. The minimum Gasteiger partial charge on any atom is -0.497 e. The van der Waals surface area contributed by atoms with Gasteiger partial charge in [0.2, 0.25) is 0 Å². The molecule has 0 N–H and O–H groups in total. The molecule has 0 atom stereocenters. The molecule has 0 unspecified atom stereocenters. The van der Waals surface area contributed by atoms with Gasteiger partial charge in [-0.2, -0.15) is 0 Å². The van der Waals surface area contributed by atoms with E-state index in [1.807, 2.05) is 30.3 Å². The normalized spacial score (nSPS) is 7.67. The van der Waals surface area contributed by atoms with Crippen LogP contribution in [0.2, 0.25) is 0 Å². The van der Waals surface area contributed by atoms with E-state index in [9.17, 15) is 0 Å². The minimum absolute atomic E-state index is 0. The van der Waals surface area contributed by atoms with E-state index in [-0.39, 0.29) is 37.7 Å². The smallest absolute Gasteiger partial charge is 0.118 e. The third-order valence-corrected chi connectivity index (χ3v) is 0.979. The SMILES string of the molecule is COc1ccccc1.[Ar]. The number of hydrogen-bond acceptors (Lipinski definition) is 1. The fraction of sp³-hybridized carbons (Fsp3) is 0.143. The van der Waals surface area contributed by atoms with Crippen molar-refractivity contribution in [2.45, 2.75) is 0 Å². The van der Waals surface area contributed by atoms with Crippen molar-refractivity contribution in [1.29, 1.82) is 0 Å². The van der Waals surface area contributed by atoms with Crippen molar-refractivity contribution in [2.75, 3.05) is 7.11 Å². The minimum atomic E-state index is 0. The van der Waals surface area contributed by atoms with Crippen LogP contribution in [0.15, 0.2) is 30.3 Å². The summed E-state index contributed by atoms with van der Waals surface area (Å²) in [6, 6.07) is 9.68. The van der Waals surface area contributed by atoms with Crippen molar-refractivity contribution in [2.24, 2.45) is 0 Å². The third kappa shape index (κ3) is 3.09. The zero-order valence-electron chi connectivity index (χ0n) is 5.15. The molecule has 0 saturated heterocycles. The topological polar surface area (TPSA) is 9.23 Å². The van der Waals surface area contributed by atoms with Crippen LogP contribution in [0.1, 0.15) is 0 Å². The van der Waals surface area contributed by atoms with E-state index >= 15 is 0 Å². The van der Waals surface area contributed by atoms with Crippen LogP contribution in [0.3, 0.4) is 0 Å². The van der Waals surface area contributed by atoms with Crippen LogP contribution in [0.5, 0.6) is 5.75 Å². The van der Waals surface area contributed by atoms with E-state index in [2.05, 4.69) is 0 Å². The molecule has 0 aliphatic heterocycles. The Balaban J connectivity index is 0.000000640. The second kappa shape index (κ2) is 5.10. The first-order valence-electron chi connectivity index (χ1n) is 2.52. The Morgan fingerprint density at radius 3 is 2.00 bits per heavy atom. The number of methoxy groups -OCH3 is 1. The van der Waals surface area contributed by atoms with Gasteiger partial charge < -0.3 is 4.74 Å². The van der Waals surface area contributed by atoms with Gasteiger partial charge in [-0.05, 0) is 12.1 Å². The summed E-state index contributed by atoms with van der Waals surface area (Å²) in [6.07, 6.45) is 0. The monoisotopic (exact) mass is 148 g/mol. The molecule has 0 saturated carbocycles. The average molecular weight is 148 g/mol. The molecule has 0 aromatic heterocycles. The molecule has 2 heteroatoms. The Hall–Kier alpha value is 0.280. The maximum Gasteiger partial charge on any atom is 0.118 e. The van der Waals surface area contributed by atoms with Gasteiger partial charge in [0.15, 0.2) is 0 Å². The summed E-state index contributed by atoms with van der Waals surface area (Å²) in [5.74, 6) is 0.910. The second-order valence-corrected chi connectivity index (χ2v) is 1.52. The van der Waals surface area contributed by atoms with Gasteiger partial charge in [0, 0.05) is 37.7 Å². The summed E-state index contributed by atoms with van der Waals surface area (Å²) in [5.41, 5.74) is 0. The fourth-order valence-electron chi connectivity index (χ4n) is 0.557. The number of rotatable bonds is 1. The summed E-state index contributed by atoms with van der Waals surface area (Å²) < 4.78 is 4.91. The van der Waals surface area contributed by atoms with Crippen LogP contribution in [0.4, 0.5) is 0 Å². The summed E-state index contributed by atoms with van der Waals surface area (Å²) in [5, 5.41) is 0. The molecule has 0 bridgehead atoms. The molecule has 1 aromatic rings. The summed E-state index contributed by atoms with van der Waals surface area (Å²) in [7, 11) is 1.66. The van der Waals surface area contributed by atoms with Crippen molar-refractivity contribution in [1.82, 2.24) is 0 Å². The molecule has 1 rings (SSSR count). The standard InChI is InChI=1S/C7H8O.Ar/c1-8-7-5-3-2-4-6-7;/h2-6H,1H3;. The Labute approximate surface area is 85.0 Å². The van der Waals surface area contributed by atoms with Gasteiger partial charge in [-0.25, -0.2) is 0 Å². The first-order valence-corrected chi connectivity index (χ1v) is 2.52. The van der Waals surface area contributed by atoms with Crippen molar-refractivity contribution in [3.05, 3.63) is 30.3 Å².